The van der Waals surface area contributed by atoms with Gasteiger partial charge in [0.25, 0.3) is 0 Å². The number of hydrogen-bond acceptors (Lipinski definition) is 4. The number of rotatable bonds is 7. The van der Waals surface area contributed by atoms with Gasteiger partial charge < -0.3 is 19.3 Å². The van der Waals surface area contributed by atoms with Crippen LogP contribution in [0.3, 0.4) is 0 Å². The van der Waals surface area contributed by atoms with Gasteiger partial charge in [-0.25, -0.2) is 0 Å². The van der Waals surface area contributed by atoms with E-state index >= 15 is 0 Å². The minimum absolute atomic E-state index is 0.202. The Kier molecular flexibility index (Phi) is 5.46. The molecule has 0 atom stereocenters. The quantitative estimate of drug-likeness (QED) is 0.850. The van der Waals surface area contributed by atoms with E-state index in [2.05, 4.69) is 0 Å². The van der Waals surface area contributed by atoms with Crippen molar-refractivity contribution in [2.45, 2.75) is 13.0 Å². The summed E-state index contributed by atoms with van der Waals surface area (Å²) in [5.41, 5.74) is 2.03. The van der Waals surface area contributed by atoms with E-state index in [1.54, 1.807) is 26.4 Å². The van der Waals surface area contributed by atoms with Gasteiger partial charge >= 0.3 is 0 Å². The summed E-state index contributed by atoms with van der Waals surface area (Å²) in [4.78, 5) is 0. The lowest BCUT2D eigenvalue weighted by molar-refractivity contribution is 0.202. The van der Waals surface area contributed by atoms with Crippen LogP contribution in [0.2, 0.25) is 0 Å². The Morgan fingerprint density at radius 2 is 1.67 bits per heavy atom. The monoisotopic (exact) mass is 288 g/mol. The van der Waals surface area contributed by atoms with Crippen molar-refractivity contribution >= 4 is 0 Å². The molecular weight excluding hydrogens is 268 g/mol. The zero-order chi connectivity index (χ0) is 15.1. The van der Waals surface area contributed by atoms with Crippen molar-refractivity contribution in [1.82, 2.24) is 0 Å². The van der Waals surface area contributed by atoms with Gasteiger partial charge in [-0.05, 0) is 41.8 Å². The van der Waals surface area contributed by atoms with Crippen LogP contribution >= 0.6 is 0 Å². The molecule has 0 radical (unpaired) electrons. The van der Waals surface area contributed by atoms with Gasteiger partial charge in [0, 0.05) is 13.2 Å². The minimum Gasteiger partial charge on any atom is -0.508 e. The maximum atomic E-state index is 9.72. The van der Waals surface area contributed by atoms with Gasteiger partial charge in [-0.2, -0.15) is 0 Å². The molecule has 2 rings (SSSR count). The van der Waals surface area contributed by atoms with Crippen molar-refractivity contribution in [3.05, 3.63) is 53.6 Å². The van der Waals surface area contributed by atoms with Crippen LogP contribution in [0.15, 0.2) is 42.5 Å². The summed E-state index contributed by atoms with van der Waals surface area (Å²) >= 11 is 0. The molecule has 4 heteroatoms. The van der Waals surface area contributed by atoms with Crippen molar-refractivity contribution in [1.29, 1.82) is 0 Å². The highest BCUT2D eigenvalue weighted by atomic mass is 16.5. The third kappa shape index (κ3) is 4.68. The van der Waals surface area contributed by atoms with Gasteiger partial charge in [0.1, 0.15) is 23.9 Å². The second-order valence-electron chi connectivity index (χ2n) is 4.71. The minimum atomic E-state index is 0.202. The van der Waals surface area contributed by atoms with E-state index in [1.807, 2.05) is 30.3 Å². The summed E-state index contributed by atoms with van der Waals surface area (Å²) in [5.74, 6) is 1.67. The molecule has 0 spiro atoms. The van der Waals surface area contributed by atoms with Gasteiger partial charge in [-0.1, -0.05) is 12.1 Å². The predicted octanol–water partition coefficient (Wildman–Crippen LogP) is 3.17. The molecule has 0 fully saturated rings. The molecule has 0 unspecified atom stereocenters. The molecule has 0 saturated heterocycles. The summed E-state index contributed by atoms with van der Waals surface area (Å²) < 4.78 is 15.9. The van der Waals surface area contributed by atoms with Crippen molar-refractivity contribution in [2.24, 2.45) is 0 Å². The Balaban J connectivity index is 1.99. The summed E-state index contributed by atoms with van der Waals surface area (Å²) in [6.45, 7) is 1.05. The predicted molar refractivity (Wildman–Crippen MR) is 81.0 cm³/mol. The topological polar surface area (TPSA) is 47.9 Å². The van der Waals surface area contributed by atoms with Crippen molar-refractivity contribution < 1.29 is 19.3 Å². The number of methoxy groups -OCH3 is 2. The van der Waals surface area contributed by atoms with Crippen molar-refractivity contribution in [3.63, 3.8) is 0 Å². The molecule has 0 heterocycles. The highest BCUT2D eigenvalue weighted by molar-refractivity contribution is 5.38. The number of phenolic OH excluding ortho intramolecular Hbond substituents is 1. The molecule has 0 aromatic heterocycles. The fourth-order valence-electron chi connectivity index (χ4n) is 1.98. The highest BCUT2D eigenvalue weighted by Gasteiger charge is 2.03. The Bertz CT molecular complexity index is 564. The van der Waals surface area contributed by atoms with Crippen LogP contribution in [0.5, 0.6) is 17.2 Å². The summed E-state index contributed by atoms with van der Waals surface area (Å²) in [7, 11) is 3.30. The second-order valence-corrected chi connectivity index (χ2v) is 4.71. The summed E-state index contributed by atoms with van der Waals surface area (Å²) in [6.07, 6.45) is 0.740. The van der Waals surface area contributed by atoms with E-state index in [4.69, 9.17) is 14.2 Å². The van der Waals surface area contributed by atoms with E-state index in [1.165, 1.54) is 0 Å². The zero-order valence-corrected chi connectivity index (χ0v) is 12.3. The van der Waals surface area contributed by atoms with Crippen LogP contribution in [0, 0.1) is 0 Å². The first kappa shape index (κ1) is 15.2. The third-order valence-electron chi connectivity index (χ3n) is 3.11. The molecule has 0 aliphatic rings. The average molecular weight is 288 g/mol. The zero-order valence-electron chi connectivity index (χ0n) is 12.3. The third-order valence-corrected chi connectivity index (χ3v) is 3.11. The molecule has 112 valence electrons. The van der Waals surface area contributed by atoms with Gasteiger partial charge in [-0.3, -0.25) is 0 Å². The first-order valence-electron chi connectivity index (χ1n) is 6.79. The Labute approximate surface area is 124 Å². The number of phenols is 1. The Morgan fingerprint density at radius 3 is 2.33 bits per heavy atom. The van der Waals surface area contributed by atoms with Crippen LogP contribution in [0.25, 0.3) is 0 Å². The number of ether oxygens (including phenoxy) is 3. The van der Waals surface area contributed by atoms with Crippen LogP contribution < -0.4 is 9.47 Å². The molecule has 1 N–H and O–H groups in total. The first-order chi connectivity index (χ1) is 10.2. The molecule has 4 nitrogen and oxygen atoms in total. The molecule has 0 aliphatic carbocycles. The smallest absolute Gasteiger partial charge is 0.123 e. The van der Waals surface area contributed by atoms with Crippen LogP contribution in [-0.4, -0.2) is 25.9 Å². The molecule has 0 bridgehead atoms. The van der Waals surface area contributed by atoms with Gasteiger partial charge in [0.15, 0.2) is 0 Å². The molecule has 0 saturated carbocycles. The lowest BCUT2D eigenvalue weighted by Crippen LogP contribution is -1.98. The van der Waals surface area contributed by atoms with E-state index in [-0.39, 0.29) is 5.75 Å². The van der Waals surface area contributed by atoms with Crippen molar-refractivity contribution in [3.8, 4) is 17.2 Å². The van der Waals surface area contributed by atoms with E-state index < -0.39 is 0 Å². The number of aromatic hydroxyl groups is 1. The molecule has 0 amide bonds. The SMILES string of the molecule is COCCc1cc(O)cc(OCc2ccc(OC)cc2)c1. The van der Waals surface area contributed by atoms with Gasteiger partial charge in [-0.15, -0.1) is 0 Å². The van der Waals surface area contributed by atoms with Gasteiger partial charge in [0.05, 0.1) is 13.7 Å². The molecule has 2 aromatic carbocycles. The van der Waals surface area contributed by atoms with Crippen LogP contribution in [-0.2, 0) is 17.8 Å². The number of benzene rings is 2. The van der Waals surface area contributed by atoms with E-state index in [0.29, 0.717) is 19.0 Å². The normalized spacial score (nSPS) is 10.4. The molecular formula is C17H20O4. The Hall–Kier alpha value is -2.20. The lowest BCUT2D eigenvalue weighted by atomic mass is 10.1. The largest absolute Gasteiger partial charge is 0.508 e. The van der Waals surface area contributed by atoms with Crippen LogP contribution in [0.1, 0.15) is 11.1 Å². The standard InChI is InChI=1S/C17H20O4/c1-19-8-7-14-9-15(18)11-17(10-14)21-12-13-3-5-16(20-2)6-4-13/h3-6,9-11,18H,7-8,12H2,1-2H3. The summed E-state index contributed by atoms with van der Waals surface area (Å²) in [6, 6.07) is 12.9. The van der Waals surface area contributed by atoms with E-state index in [9.17, 15) is 5.11 Å². The number of hydrogen-bond donors (Lipinski definition) is 1. The van der Waals surface area contributed by atoms with E-state index in [0.717, 1.165) is 23.3 Å². The lowest BCUT2D eigenvalue weighted by Gasteiger charge is -2.10. The fourth-order valence-corrected chi connectivity index (χ4v) is 1.98. The van der Waals surface area contributed by atoms with Gasteiger partial charge in [0.2, 0.25) is 0 Å². The Morgan fingerprint density at radius 1 is 0.905 bits per heavy atom. The fraction of sp³-hybridized carbons (Fsp3) is 0.294. The van der Waals surface area contributed by atoms with Crippen LogP contribution in [0.4, 0.5) is 0 Å². The maximum absolute atomic E-state index is 9.72. The maximum Gasteiger partial charge on any atom is 0.123 e. The molecule has 2 aromatic rings. The first-order valence-corrected chi connectivity index (χ1v) is 6.79. The average Bonchev–Trinajstić information content (AvgIpc) is 2.51. The summed E-state index contributed by atoms with van der Waals surface area (Å²) in [5, 5.41) is 9.72. The second kappa shape index (κ2) is 7.55. The molecule has 0 aliphatic heterocycles. The molecule has 21 heavy (non-hydrogen) atoms. The highest BCUT2D eigenvalue weighted by Crippen LogP contribution is 2.23. The van der Waals surface area contributed by atoms with Crippen molar-refractivity contribution in [2.75, 3.05) is 20.8 Å².